The van der Waals surface area contributed by atoms with Crippen LogP contribution in [0, 0.1) is 22.7 Å². The van der Waals surface area contributed by atoms with Gasteiger partial charge in [-0.1, -0.05) is 141 Å². The molecular weight excluding hydrogens is 861 g/mol. The second-order valence-corrected chi connectivity index (χ2v) is 30.2. The first-order valence-corrected chi connectivity index (χ1v) is 30.3. The minimum Gasteiger partial charge on any atom is -0.457 e. The lowest BCUT2D eigenvalue weighted by molar-refractivity contribution is 0.436. The van der Waals surface area contributed by atoms with E-state index in [0.29, 0.717) is 11.1 Å². The molecule has 1 aliphatic carbocycles. The van der Waals surface area contributed by atoms with Crippen LogP contribution >= 0.6 is 0 Å². The summed E-state index contributed by atoms with van der Waals surface area (Å²) in [5.74, 6) is 1.64. The van der Waals surface area contributed by atoms with Gasteiger partial charge in [0.1, 0.15) is 11.5 Å². The number of nitriles is 2. The molecular formula is C61H50N4OSi2. The van der Waals surface area contributed by atoms with Crippen LogP contribution in [-0.2, 0) is 5.41 Å². The Kier molecular flexibility index (Phi) is 10.1. The Balaban J connectivity index is 1.23. The predicted molar refractivity (Wildman–Crippen MR) is 286 cm³/mol. The van der Waals surface area contributed by atoms with Crippen molar-refractivity contribution in [2.24, 2.45) is 0 Å². The molecule has 1 aliphatic heterocycles. The van der Waals surface area contributed by atoms with E-state index in [0.717, 1.165) is 78.6 Å². The van der Waals surface area contributed by atoms with E-state index in [2.05, 4.69) is 231 Å². The lowest BCUT2D eigenvalue weighted by Crippen LogP contribution is -2.37. The molecule has 0 N–H and O–H groups in total. The normalized spacial score (nSPS) is 13.1. The number of anilines is 6. The van der Waals surface area contributed by atoms with Crippen LogP contribution in [0.15, 0.2) is 194 Å². The predicted octanol–water partition coefficient (Wildman–Crippen LogP) is 15.1. The van der Waals surface area contributed by atoms with Crippen molar-refractivity contribution in [2.45, 2.75) is 44.7 Å². The third-order valence-electron chi connectivity index (χ3n) is 13.9. The summed E-state index contributed by atoms with van der Waals surface area (Å²) in [6.07, 6.45) is 0. The van der Waals surface area contributed by atoms with Gasteiger partial charge in [-0.3, -0.25) is 0 Å². The summed E-state index contributed by atoms with van der Waals surface area (Å²) in [7, 11) is -3.18. The van der Waals surface area contributed by atoms with Gasteiger partial charge in [-0.05, 0) is 131 Å². The first-order valence-electron chi connectivity index (χ1n) is 23.3. The highest BCUT2D eigenvalue weighted by molar-refractivity contribution is 6.89. The number of hydrogen-bond donors (Lipinski definition) is 0. The van der Waals surface area contributed by atoms with Gasteiger partial charge in [0.2, 0.25) is 0 Å². The summed E-state index contributed by atoms with van der Waals surface area (Å²) < 4.78 is 6.87. The zero-order valence-electron chi connectivity index (χ0n) is 39.2. The lowest BCUT2D eigenvalue weighted by atomic mass is 9.66. The Morgan fingerprint density at radius 1 is 0.412 bits per heavy atom. The molecule has 0 saturated carbocycles. The molecule has 0 aromatic heterocycles. The lowest BCUT2D eigenvalue weighted by Gasteiger charge is -2.40. The Labute approximate surface area is 401 Å². The van der Waals surface area contributed by atoms with E-state index in [4.69, 9.17) is 4.74 Å². The summed E-state index contributed by atoms with van der Waals surface area (Å²) in [5.41, 5.74) is 13.3. The number of nitrogens with zero attached hydrogens (tertiary/aromatic N) is 4. The van der Waals surface area contributed by atoms with E-state index >= 15 is 0 Å². The fourth-order valence-corrected chi connectivity index (χ4v) is 12.8. The van der Waals surface area contributed by atoms with Crippen LogP contribution in [-0.4, -0.2) is 16.1 Å². The maximum absolute atomic E-state index is 9.90. The van der Waals surface area contributed by atoms with Gasteiger partial charge in [-0.2, -0.15) is 10.5 Å². The standard InChI is InChI=1S/C61H50N4OSi2/c1-67(2,3)48-32-27-44(28-33-48)64(43-23-19-41(39-62)20-24-43)47-31-36-52-55(37-47)61(53-15-9-11-17-58(53)66-59-18-12-10-16-54(59)61)56-38-57(50-13-7-8-14-51(50)60(52)56)65(45-25-21-42(40-63)22-26-45)46-29-34-49(35-30-46)68(4,5)6/h7-38H,1-6H3. The van der Waals surface area contributed by atoms with Crippen LogP contribution in [0.5, 0.6) is 11.5 Å². The molecule has 0 unspecified atom stereocenters. The SMILES string of the molecule is C[Si](C)(C)c1ccc(N(c2ccc(C#N)cc2)c2ccc3c(c2)C2(c4ccccc4Oc4ccccc42)c2cc(N(c4ccc(C#N)cc4)c4ccc([Si](C)(C)C)cc4)c4ccccc4c2-3)cc1. The molecule has 0 atom stereocenters. The van der Waals surface area contributed by atoms with Crippen molar-refractivity contribution in [1.82, 2.24) is 0 Å². The van der Waals surface area contributed by atoms with Gasteiger partial charge >= 0.3 is 0 Å². The number of hydrogen-bond acceptors (Lipinski definition) is 5. The van der Waals surface area contributed by atoms with Gasteiger partial charge in [0.15, 0.2) is 0 Å². The molecule has 0 radical (unpaired) electrons. The Morgan fingerprint density at radius 3 is 1.32 bits per heavy atom. The van der Waals surface area contributed by atoms with E-state index in [-0.39, 0.29) is 0 Å². The fourth-order valence-electron chi connectivity index (χ4n) is 10.5. The van der Waals surface area contributed by atoms with Crippen LogP contribution in [0.3, 0.4) is 0 Å². The van der Waals surface area contributed by atoms with Crippen molar-refractivity contribution in [3.05, 3.63) is 228 Å². The highest BCUT2D eigenvalue weighted by Crippen LogP contribution is 2.65. The molecule has 7 heteroatoms. The van der Waals surface area contributed by atoms with Gasteiger partial charge in [0.25, 0.3) is 0 Å². The second kappa shape index (κ2) is 16.1. The van der Waals surface area contributed by atoms with E-state index in [9.17, 15) is 10.5 Å². The number of para-hydroxylation sites is 2. The quantitative estimate of drug-likeness (QED) is 0.142. The van der Waals surface area contributed by atoms with Crippen LogP contribution in [0.1, 0.15) is 33.4 Å². The van der Waals surface area contributed by atoms with Crippen LogP contribution in [0.4, 0.5) is 34.1 Å². The fraction of sp³-hybridized carbons (Fsp3) is 0.115. The number of benzene rings is 9. The molecule has 1 heterocycles. The highest BCUT2D eigenvalue weighted by Gasteiger charge is 2.52. The first-order chi connectivity index (χ1) is 32.9. The summed E-state index contributed by atoms with van der Waals surface area (Å²) in [6, 6.07) is 74.0. The molecule has 5 nitrogen and oxygen atoms in total. The van der Waals surface area contributed by atoms with Crippen molar-refractivity contribution in [3.63, 3.8) is 0 Å². The molecule has 0 fully saturated rings. The minimum absolute atomic E-state index is 0.615. The average Bonchev–Trinajstić information content (AvgIpc) is 3.64. The molecule has 9 aromatic carbocycles. The van der Waals surface area contributed by atoms with Crippen molar-refractivity contribution in [2.75, 3.05) is 9.80 Å². The molecule has 0 bridgehead atoms. The maximum Gasteiger partial charge on any atom is 0.132 e. The Morgan fingerprint density at radius 2 is 0.838 bits per heavy atom. The summed E-state index contributed by atoms with van der Waals surface area (Å²) in [4.78, 5) is 4.69. The van der Waals surface area contributed by atoms with Gasteiger partial charge < -0.3 is 14.5 Å². The Bertz CT molecular complexity index is 3470. The minimum atomic E-state index is -1.60. The van der Waals surface area contributed by atoms with Crippen molar-refractivity contribution >= 4 is 71.4 Å². The largest absolute Gasteiger partial charge is 0.457 e. The van der Waals surface area contributed by atoms with Crippen LogP contribution in [0.25, 0.3) is 21.9 Å². The van der Waals surface area contributed by atoms with Crippen LogP contribution < -0.4 is 24.9 Å². The number of fused-ring (bicyclic) bond motifs is 11. The topological polar surface area (TPSA) is 63.3 Å². The van der Waals surface area contributed by atoms with Crippen molar-refractivity contribution < 1.29 is 4.74 Å². The van der Waals surface area contributed by atoms with Gasteiger partial charge in [0.05, 0.1) is 50.5 Å². The molecule has 0 saturated heterocycles. The monoisotopic (exact) mass is 910 g/mol. The average molecular weight is 911 g/mol. The molecule has 328 valence electrons. The van der Waals surface area contributed by atoms with Gasteiger partial charge in [-0.25, -0.2) is 0 Å². The van der Waals surface area contributed by atoms with E-state index < -0.39 is 21.6 Å². The second-order valence-electron chi connectivity index (χ2n) is 20.0. The van der Waals surface area contributed by atoms with Gasteiger partial charge in [0, 0.05) is 45.0 Å². The number of ether oxygens (including phenoxy) is 1. The van der Waals surface area contributed by atoms with Crippen LogP contribution in [0.2, 0.25) is 39.3 Å². The first kappa shape index (κ1) is 42.7. The maximum atomic E-state index is 9.90. The third-order valence-corrected chi connectivity index (χ3v) is 18.0. The highest BCUT2D eigenvalue weighted by atomic mass is 28.3. The molecule has 1 spiro atoms. The van der Waals surface area contributed by atoms with Crippen molar-refractivity contribution in [3.8, 4) is 34.8 Å². The van der Waals surface area contributed by atoms with Gasteiger partial charge in [-0.15, -0.1) is 0 Å². The molecule has 9 aromatic rings. The van der Waals surface area contributed by atoms with E-state index in [1.54, 1.807) is 0 Å². The number of rotatable bonds is 8. The summed E-state index contributed by atoms with van der Waals surface area (Å²) in [5, 5.41) is 24.8. The van der Waals surface area contributed by atoms with E-state index in [1.807, 2.05) is 24.3 Å². The Hall–Kier alpha value is -7.95. The molecule has 2 aliphatic rings. The molecule has 11 rings (SSSR count). The van der Waals surface area contributed by atoms with E-state index in [1.165, 1.54) is 21.5 Å². The van der Waals surface area contributed by atoms with Crippen molar-refractivity contribution in [1.29, 1.82) is 10.5 Å². The zero-order chi connectivity index (χ0) is 47.0. The smallest absolute Gasteiger partial charge is 0.132 e. The third kappa shape index (κ3) is 6.85. The molecule has 68 heavy (non-hydrogen) atoms. The summed E-state index contributed by atoms with van der Waals surface area (Å²) >= 11 is 0. The molecule has 0 amide bonds. The zero-order valence-corrected chi connectivity index (χ0v) is 41.2. The summed E-state index contributed by atoms with van der Waals surface area (Å²) in [6.45, 7) is 14.3.